The Kier molecular flexibility index (Phi) is 4.58. The molecule has 3 nitrogen and oxygen atoms in total. The van der Waals surface area contributed by atoms with Crippen LogP contribution in [0.15, 0.2) is 36.4 Å². The number of allylic oxidation sites excluding steroid dienone is 1. The SMILES string of the molecule is C=C(C)CCC(=O)Nc1ccc(OC)cc1. The predicted octanol–water partition coefficient (Wildman–Crippen LogP) is 2.99. The molecule has 1 rings (SSSR count). The Bertz CT molecular complexity index is 368. The highest BCUT2D eigenvalue weighted by Gasteiger charge is 2.02. The molecule has 1 N–H and O–H groups in total. The summed E-state index contributed by atoms with van der Waals surface area (Å²) in [5, 5.41) is 2.81. The second-order valence-electron chi connectivity index (χ2n) is 3.73. The molecule has 0 fully saturated rings. The van der Waals surface area contributed by atoms with E-state index >= 15 is 0 Å². The molecule has 0 atom stereocenters. The van der Waals surface area contributed by atoms with Crippen LogP contribution in [0.4, 0.5) is 5.69 Å². The van der Waals surface area contributed by atoms with Crippen molar-refractivity contribution in [3.05, 3.63) is 36.4 Å². The Hall–Kier alpha value is -1.77. The van der Waals surface area contributed by atoms with Gasteiger partial charge in [-0.25, -0.2) is 0 Å². The molecule has 1 aromatic rings. The molecule has 0 radical (unpaired) electrons. The maximum atomic E-state index is 11.5. The van der Waals surface area contributed by atoms with E-state index in [9.17, 15) is 4.79 Å². The van der Waals surface area contributed by atoms with Gasteiger partial charge < -0.3 is 10.1 Å². The standard InChI is InChI=1S/C13H17NO2/c1-10(2)4-9-13(15)14-11-5-7-12(16-3)8-6-11/h5-8H,1,4,9H2,2-3H3,(H,14,15). The van der Waals surface area contributed by atoms with Crippen molar-refractivity contribution in [3.63, 3.8) is 0 Å². The van der Waals surface area contributed by atoms with Crippen LogP contribution in [0.2, 0.25) is 0 Å². The Morgan fingerprint density at radius 3 is 2.44 bits per heavy atom. The molecule has 0 aromatic heterocycles. The summed E-state index contributed by atoms with van der Waals surface area (Å²) in [6.45, 7) is 5.68. The molecule has 3 heteroatoms. The number of rotatable bonds is 5. The van der Waals surface area contributed by atoms with Crippen LogP contribution in [-0.2, 0) is 4.79 Å². The zero-order valence-electron chi connectivity index (χ0n) is 9.75. The second-order valence-corrected chi connectivity index (χ2v) is 3.73. The zero-order valence-corrected chi connectivity index (χ0v) is 9.75. The van der Waals surface area contributed by atoms with Crippen LogP contribution in [0.1, 0.15) is 19.8 Å². The van der Waals surface area contributed by atoms with Gasteiger partial charge in [-0.2, -0.15) is 0 Å². The molecule has 0 aliphatic heterocycles. The van der Waals surface area contributed by atoms with Crippen LogP contribution in [0, 0.1) is 0 Å². The van der Waals surface area contributed by atoms with Gasteiger partial charge in [0.15, 0.2) is 0 Å². The molecule has 1 aromatic carbocycles. The van der Waals surface area contributed by atoms with E-state index in [1.807, 2.05) is 31.2 Å². The molecular weight excluding hydrogens is 202 g/mol. The minimum absolute atomic E-state index is 0.00756. The van der Waals surface area contributed by atoms with Gasteiger partial charge in [-0.15, -0.1) is 6.58 Å². The lowest BCUT2D eigenvalue weighted by atomic mass is 10.2. The first-order valence-electron chi connectivity index (χ1n) is 5.20. The number of methoxy groups -OCH3 is 1. The van der Waals surface area contributed by atoms with Crippen LogP contribution < -0.4 is 10.1 Å². The monoisotopic (exact) mass is 219 g/mol. The largest absolute Gasteiger partial charge is 0.497 e. The molecule has 0 aliphatic carbocycles. The molecule has 0 spiro atoms. The molecule has 0 unspecified atom stereocenters. The summed E-state index contributed by atoms with van der Waals surface area (Å²) in [5.41, 5.74) is 1.80. The lowest BCUT2D eigenvalue weighted by Gasteiger charge is -2.06. The summed E-state index contributed by atoms with van der Waals surface area (Å²) in [5.74, 6) is 0.785. The first-order valence-corrected chi connectivity index (χ1v) is 5.20. The van der Waals surface area contributed by atoms with E-state index in [4.69, 9.17) is 4.74 Å². The van der Waals surface area contributed by atoms with Crippen molar-refractivity contribution < 1.29 is 9.53 Å². The molecule has 0 saturated heterocycles. The number of ether oxygens (including phenoxy) is 1. The number of amides is 1. The van der Waals surface area contributed by atoms with E-state index in [0.717, 1.165) is 23.4 Å². The molecule has 16 heavy (non-hydrogen) atoms. The fraction of sp³-hybridized carbons (Fsp3) is 0.308. The first-order chi connectivity index (χ1) is 7.61. The topological polar surface area (TPSA) is 38.3 Å². The van der Waals surface area contributed by atoms with Gasteiger partial charge in [0.05, 0.1) is 7.11 Å². The highest BCUT2D eigenvalue weighted by molar-refractivity contribution is 5.90. The lowest BCUT2D eigenvalue weighted by Crippen LogP contribution is -2.10. The average Bonchev–Trinajstić information content (AvgIpc) is 2.27. The van der Waals surface area contributed by atoms with Crippen molar-refractivity contribution in [2.24, 2.45) is 0 Å². The Morgan fingerprint density at radius 2 is 1.94 bits per heavy atom. The molecule has 86 valence electrons. The van der Waals surface area contributed by atoms with Crippen molar-refractivity contribution in [1.82, 2.24) is 0 Å². The number of carbonyl (C=O) groups is 1. The van der Waals surface area contributed by atoms with Crippen molar-refractivity contribution >= 4 is 11.6 Å². The maximum Gasteiger partial charge on any atom is 0.224 e. The van der Waals surface area contributed by atoms with E-state index in [0.29, 0.717) is 6.42 Å². The summed E-state index contributed by atoms with van der Waals surface area (Å²) in [6, 6.07) is 7.26. The summed E-state index contributed by atoms with van der Waals surface area (Å²) in [6.07, 6.45) is 1.20. The van der Waals surface area contributed by atoms with Gasteiger partial charge in [0, 0.05) is 12.1 Å². The fourth-order valence-electron chi connectivity index (χ4n) is 1.22. The van der Waals surface area contributed by atoms with Crippen LogP contribution >= 0.6 is 0 Å². The van der Waals surface area contributed by atoms with E-state index in [1.54, 1.807) is 7.11 Å². The zero-order chi connectivity index (χ0) is 12.0. The van der Waals surface area contributed by atoms with Gasteiger partial charge >= 0.3 is 0 Å². The number of hydrogen-bond acceptors (Lipinski definition) is 2. The molecule has 0 bridgehead atoms. The molecule has 1 amide bonds. The van der Waals surface area contributed by atoms with Gasteiger partial charge in [-0.05, 0) is 37.6 Å². The molecule has 0 aliphatic rings. The summed E-state index contributed by atoms with van der Waals surface area (Å²) < 4.78 is 5.03. The Morgan fingerprint density at radius 1 is 1.31 bits per heavy atom. The molecule has 0 heterocycles. The summed E-state index contributed by atoms with van der Waals surface area (Å²) in [7, 11) is 1.61. The van der Waals surface area contributed by atoms with Crippen LogP contribution in [-0.4, -0.2) is 13.0 Å². The average molecular weight is 219 g/mol. The molecule has 0 saturated carbocycles. The first kappa shape index (κ1) is 12.3. The third kappa shape index (κ3) is 4.17. The normalized spacial score (nSPS) is 9.62. The lowest BCUT2D eigenvalue weighted by molar-refractivity contribution is -0.116. The predicted molar refractivity (Wildman–Crippen MR) is 65.7 cm³/mol. The number of anilines is 1. The Balaban J connectivity index is 2.46. The van der Waals surface area contributed by atoms with Crippen LogP contribution in [0.5, 0.6) is 5.75 Å². The summed E-state index contributed by atoms with van der Waals surface area (Å²) in [4.78, 5) is 11.5. The van der Waals surface area contributed by atoms with Crippen LogP contribution in [0.25, 0.3) is 0 Å². The number of benzene rings is 1. The quantitative estimate of drug-likeness (QED) is 0.773. The van der Waals surface area contributed by atoms with Crippen molar-refractivity contribution in [1.29, 1.82) is 0 Å². The number of hydrogen-bond donors (Lipinski definition) is 1. The number of carbonyl (C=O) groups excluding carboxylic acids is 1. The second kappa shape index (κ2) is 5.95. The fourth-order valence-corrected chi connectivity index (χ4v) is 1.22. The van der Waals surface area contributed by atoms with Gasteiger partial charge in [0.2, 0.25) is 5.91 Å². The highest BCUT2D eigenvalue weighted by Crippen LogP contribution is 2.15. The third-order valence-electron chi connectivity index (χ3n) is 2.15. The third-order valence-corrected chi connectivity index (χ3v) is 2.15. The van der Waals surface area contributed by atoms with Crippen molar-refractivity contribution in [3.8, 4) is 5.75 Å². The Labute approximate surface area is 96.1 Å². The number of nitrogens with one attached hydrogen (secondary N) is 1. The van der Waals surface area contributed by atoms with Crippen molar-refractivity contribution in [2.45, 2.75) is 19.8 Å². The van der Waals surface area contributed by atoms with Gasteiger partial charge in [0.1, 0.15) is 5.75 Å². The van der Waals surface area contributed by atoms with Crippen LogP contribution in [0.3, 0.4) is 0 Å². The van der Waals surface area contributed by atoms with E-state index < -0.39 is 0 Å². The maximum absolute atomic E-state index is 11.5. The van der Waals surface area contributed by atoms with E-state index in [-0.39, 0.29) is 5.91 Å². The summed E-state index contributed by atoms with van der Waals surface area (Å²) >= 11 is 0. The van der Waals surface area contributed by atoms with Gasteiger partial charge in [0.25, 0.3) is 0 Å². The van der Waals surface area contributed by atoms with E-state index in [1.165, 1.54) is 0 Å². The van der Waals surface area contributed by atoms with Gasteiger partial charge in [-0.1, -0.05) is 5.57 Å². The molecular formula is C13H17NO2. The van der Waals surface area contributed by atoms with E-state index in [2.05, 4.69) is 11.9 Å². The minimum atomic E-state index is 0.00756. The van der Waals surface area contributed by atoms with Gasteiger partial charge in [-0.3, -0.25) is 4.79 Å². The van der Waals surface area contributed by atoms with Crippen molar-refractivity contribution in [2.75, 3.05) is 12.4 Å². The minimum Gasteiger partial charge on any atom is -0.497 e. The smallest absolute Gasteiger partial charge is 0.224 e. The highest BCUT2D eigenvalue weighted by atomic mass is 16.5.